The van der Waals surface area contributed by atoms with Gasteiger partial charge in [-0.1, -0.05) is 51.5 Å². The molecule has 4 amide bonds. The monoisotopic (exact) mass is 425 g/mol. The van der Waals surface area contributed by atoms with E-state index < -0.39 is 11.6 Å². The van der Waals surface area contributed by atoms with Gasteiger partial charge in [0.2, 0.25) is 5.91 Å². The summed E-state index contributed by atoms with van der Waals surface area (Å²) in [4.78, 5) is 39.7. The van der Waals surface area contributed by atoms with Gasteiger partial charge in [-0.25, -0.2) is 4.79 Å². The number of nitrogens with one attached hydrogen (secondary N) is 2. The third-order valence-electron chi connectivity index (χ3n) is 8.11. The number of benzene rings is 1. The molecule has 4 rings (SSSR count). The summed E-state index contributed by atoms with van der Waals surface area (Å²) in [6.45, 7) is 6.56. The van der Waals surface area contributed by atoms with Crippen LogP contribution >= 0.6 is 0 Å². The number of nitrogens with zero attached hydrogens (tertiary/aromatic N) is 1. The third kappa shape index (κ3) is 4.09. The van der Waals surface area contributed by atoms with E-state index in [9.17, 15) is 14.4 Å². The van der Waals surface area contributed by atoms with Gasteiger partial charge in [-0.2, -0.15) is 0 Å². The molecular weight excluding hydrogens is 390 g/mol. The highest BCUT2D eigenvalue weighted by molar-refractivity contribution is 6.09. The van der Waals surface area contributed by atoms with Crippen molar-refractivity contribution in [2.75, 3.05) is 6.54 Å². The Morgan fingerprint density at radius 2 is 1.90 bits per heavy atom. The van der Waals surface area contributed by atoms with Crippen molar-refractivity contribution in [3.8, 4) is 0 Å². The molecule has 2 N–H and O–H groups in total. The highest BCUT2D eigenvalue weighted by atomic mass is 16.2. The van der Waals surface area contributed by atoms with Crippen LogP contribution in [-0.4, -0.2) is 34.8 Å². The minimum Gasteiger partial charge on any atom is -0.348 e. The first-order valence-electron chi connectivity index (χ1n) is 11.8. The molecule has 1 spiro atoms. The SMILES string of the molecule is CCC(C)(C)C1CCC2(CC1)NC(=O)N(CC(=O)N[C@@H]1CCCc3ccccc31)C2=O. The molecule has 0 radical (unpaired) electrons. The number of carbonyl (C=O) groups is 3. The standard InChI is InChI=1S/C25H35N3O3/c1-4-24(2,3)18-12-14-25(15-13-18)22(30)28(23(31)27-25)16-21(29)26-20-11-7-9-17-8-5-6-10-19(17)20/h5-6,8,10,18,20H,4,7,9,11-16H2,1-3H3,(H,26,29)(H,27,31)/t18?,20-,25?/m1/s1. The van der Waals surface area contributed by atoms with Crippen LogP contribution in [0.25, 0.3) is 0 Å². The molecule has 0 unspecified atom stereocenters. The summed E-state index contributed by atoms with van der Waals surface area (Å²) in [7, 11) is 0. The van der Waals surface area contributed by atoms with Crippen LogP contribution in [0.15, 0.2) is 24.3 Å². The Bertz CT molecular complexity index is 871. The summed E-state index contributed by atoms with van der Waals surface area (Å²) < 4.78 is 0. The van der Waals surface area contributed by atoms with Crippen LogP contribution in [0.1, 0.15) is 82.9 Å². The summed E-state index contributed by atoms with van der Waals surface area (Å²) in [5, 5.41) is 6.00. The van der Waals surface area contributed by atoms with Crippen molar-refractivity contribution in [2.24, 2.45) is 11.3 Å². The molecule has 168 valence electrons. The molecule has 6 nitrogen and oxygen atoms in total. The van der Waals surface area contributed by atoms with E-state index in [-0.39, 0.29) is 29.8 Å². The molecule has 0 aromatic heterocycles. The van der Waals surface area contributed by atoms with E-state index in [1.165, 1.54) is 5.56 Å². The average Bonchev–Trinajstić information content (AvgIpc) is 2.98. The van der Waals surface area contributed by atoms with Crippen LogP contribution in [0.2, 0.25) is 0 Å². The second-order valence-electron chi connectivity index (χ2n) is 10.2. The van der Waals surface area contributed by atoms with Crippen molar-refractivity contribution in [3.63, 3.8) is 0 Å². The van der Waals surface area contributed by atoms with E-state index in [4.69, 9.17) is 0 Å². The van der Waals surface area contributed by atoms with Crippen molar-refractivity contribution < 1.29 is 14.4 Å². The van der Waals surface area contributed by atoms with Gasteiger partial charge in [0, 0.05) is 0 Å². The number of amides is 4. The fourth-order valence-corrected chi connectivity index (χ4v) is 5.63. The van der Waals surface area contributed by atoms with E-state index in [2.05, 4.69) is 43.5 Å². The maximum atomic E-state index is 13.2. The van der Waals surface area contributed by atoms with Gasteiger partial charge in [0.05, 0.1) is 6.04 Å². The lowest BCUT2D eigenvalue weighted by Gasteiger charge is -2.42. The Labute approximate surface area is 185 Å². The Morgan fingerprint density at radius 3 is 2.61 bits per heavy atom. The van der Waals surface area contributed by atoms with E-state index >= 15 is 0 Å². The quantitative estimate of drug-likeness (QED) is 0.697. The Hall–Kier alpha value is -2.37. The number of hydrogen-bond donors (Lipinski definition) is 2. The van der Waals surface area contributed by atoms with Gasteiger partial charge < -0.3 is 10.6 Å². The van der Waals surface area contributed by atoms with E-state index in [1.54, 1.807) is 0 Å². The van der Waals surface area contributed by atoms with Gasteiger partial charge in [-0.05, 0) is 67.4 Å². The molecule has 1 heterocycles. The molecule has 2 aliphatic carbocycles. The number of urea groups is 1. The minimum absolute atomic E-state index is 0.0566. The van der Waals surface area contributed by atoms with Gasteiger partial charge in [0.25, 0.3) is 5.91 Å². The maximum absolute atomic E-state index is 13.2. The Kier molecular flexibility index (Phi) is 5.84. The molecule has 1 aliphatic heterocycles. The second kappa shape index (κ2) is 8.29. The largest absolute Gasteiger partial charge is 0.348 e. The number of imide groups is 1. The van der Waals surface area contributed by atoms with Crippen LogP contribution in [0.5, 0.6) is 0 Å². The molecule has 1 aromatic rings. The van der Waals surface area contributed by atoms with Crippen LogP contribution in [0.3, 0.4) is 0 Å². The second-order valence-corrected chi connectivity index (χ2v) is 10.2. The normalized spacial score (nSPS) is 28.4. The summed E-state index contributed by atoms with van der Waals surface area (Å²) >= 11 is 0. The summed E-state index contributed by atoms with van der Waals surface area (Å²) in [6.07, 6.45) is 7.16. The lowest BCUT2D eigenvalue weighted by Crippen LogP contribution is -2.51. The van der Waals surface area contributed by atoms with E-state index in [1.807, 2.05) is 12.1 Å². The van der Waals surface area contributed by atoms with E-state index in [0.717, 1.165) is 49.0 Å². The number of hydrogen-bond acceptors (Lipinski definition) is 3. The van der Waals surface area contributed by atoms with Crippen molar-refractivity contribution >= 4 is 17.8 Å². The molecule has 6 heteroatoms. The average molecular weight is 426 g/mol. The van der Waals surface area contributed by atoms with Gasteiger partial charge >= 0.3 is 6.03 Å². The summed E-state index contributed by atoms with van der Waals surface area (Å²) in [6, 6.07) is 7.67. The fourth-order valence-electron chi connectivity index (χ4n) is 5.63. The predicted molar refractivity (Wildman–Crippen MR) is 119 cm³/mol. The van der Waals surface area contributed by atoms with Crippen molar-refractivity contribution in [1.29, 1.82) is 0 Å². The minimum atomic E-state index is -0.824. The Morgan fingerprint density at radius 1 is 1.19 bits per heavy atom. The van der Waals surface area contributed by atoms with Crippen molar-refractivity contribution in [3.05, 3.63) is 35.4 Å². The molecule has 1 saturated heterocycles. The van der Waals surface area contributed by atoms with Gasteiger partial charge in [0.1, 0.15) is 12.1 Å². The molecule has 1 saturated carbocycles. The number of fused-ring (bicyclic) bond motifs is 1. The highest BCUT2D eigenvalue weighted by Gasteiger charge is 2.53. The highest BCUT2D eigenvalue weighted by Crippen LogP contribution is 2.45. The molecule has 2 fully saturated rings. The van der Waals surface area contributed by atoms with Crippen LogP contribution in [-0.2, 0) is 16.0 Å². The molecule has 0 bridgehead atoms. The van der Waals surface area contributed by atoms with Crippen molar-refractivity contribution in [2.45, 2.75) is 83.7 Å². The lowest BCUT2D eigenvalue weighted by molar-refractivity contribution is -0.136. The van der Waals surface area contributed by atoms with Gasteiger partial charge in [-0.3, -0.25) is 14.5 Å². The van der Waals surface area contributed by atoms with Crippen LogP contribution in [0, 0.1) is 11.3 Å². The van der Waals surface area contributed by atoms with Crippen LogP contribution < -0.4 is 10.6 Å². The van der Waals surface area contributed by atoms with Gasteiger partial charge in [-0.15, -0.1) is 0 Å². The molecule has 3 aliphatic rings. The molecule has 1 atom stereocenters. The number of rotatable bonds is 5. The summed E-state index contributed by atoms with van der Waals surface area (Å²) in [5.74, 6) is 0.0454. The summed E-state index contributed by atoms with van der Waals surface area (Å²) in [5.41, 5.74) is 1.82. The smallest absolute Gasteiger partial charge is 0.325 e. The zero-order valence-corrected chi connectivity index (χ0v) is 19.0. The van der Waals surface area contributed by atoms with Gasteiger partial charge in [0.15, 0.2) is 0 Å². The number of carbonyl (C=O) groups excluding carboxylic acids is 3. The Balaban J connectivity index is 1.39. The zero-order valence-electron chi connectivity index (χ0n) is 19.0. The zero-order chi connectivity index (χ0) is 22.2. The van der Waals surface area contributed by atoms with Crippen molar-refractivity contribution in [1.82, 2.24) is 15.5 Å². The topological polar surface area (TPSA) is 78.5 Å². The number of aryl methyl sites for hydroxylation is 1. The van der Waals surface area contributed by atoms with E-state index in [0.29, 0.717) is 18.8 Å². The molecule has 31 heavy (non-hydrogen) atoms. The first-order chi connectivity index (χ1) is 14.8. The maximum Gasteiger partial charge on any atom is 0.325 e. The first-order valence-corrected chi connectivity index (χ1v) is 11.8. The third-order valence-corrected chi connectivity index (χ3v) is 8.11. The molecular formula is C25H35N3O3. The predicted octanol–water partition coefficient (Wildman–Crippen LogP) is 4.10. The fraction of sp³-hybridized carbons (Fsp3) is 0.640. The molecule has 1 aromatic carbocycles. The van der Waals surface area contributed by atoms with Crippen LogP contribution in [0.4, 0.5) is 4.79 Å². The lowest BCUT2D eigenvalue weighted by atomic mass is 9.65. The first kappa shape index (κ1) is 21.8.